The van der Waals surface area contributed by atoms with Crippen LogP contribution in [0.2, 0.25) is 0 Å². The smallest absolute Gasteiger partial charge is 0.263 e. The largest absolute Gasteiger partial charge is 0.436 e. The number of piperidine rings is 1. The monoisotopic (exact) mass is 414 g/mol. The number of rotatable bonds is 5. The number of ether oxygens (including phenoxy) is 1. The number of benzene rings is 2. The molecule has 1 aliphatic rings. The summed E-state index contributed by atoms with van der Waals surface area (Å²) >= 11 is 0. The van der Waals surface area contributed by atoms with Gasteiger partial charge in [0.15, 0.2) is 11.6 Å². The van der Waals surface area contributed by atoms with Gasteiger partial charge < -0.3 is 20.4 Å². The number of hydrogen-bond donors (Lipinski definition) is 2. The Bertz CT molecular complexity index is 1180. The molecular formula is C23H22N6O2. The van der Waals surface area contributed by atoms with E-state index >= 15 is 0 Å². The Balaban J connectivity index is 1.33. The zero-order chi connectivity index (χ0) is 21.2. The average Bonchev–Trinajstić information content (AvgIpc) is 3.25. The molecule has 0 spiro atoms. The van der Waals surface area contributed by atoms with Crippen molar-refractivity contribution in [2.24, 2.45) is 5.73 Å². The highest BCUT2D eigenvalue weighted by Gasteiger charge is 2.21. The molecule has 3 N–H and O–H groups in total. The van der Waals surface area contributed by atoms with E-state index in [9.17, 15) is 4.79 Å². The van der Waals surface area contributed by atoms with Crippen molar-refractivity contribution in [3.05, 3.63) is 72.3 Å². The average molecular weight is 414 g/mol. The molecule has 0 bridgehead atoms. The number of hydrogen-bond acceptors (Lipinski definition) is 7. The van der Waals surface area contributed by atoms with Gasteiger partial charge in [0.05, 0.1) is 11.0 Å². The number of nitrogens with zero attached hydrogens (tertiary/aromatic N) is 4. The molecule has 0 unspecified atom stereocenters. The molecule has 2 aromatic carbocycles. The van der Waals surface area contributed by atoms with Crippen LogP contribution in [0.15, 0.2) is 60.9 Å². The summed E-state index contributed by atoms with van der Waals surface area (Å²) in [6.45, 7) is 1.64. The predicted octanol–water partition coefficient (Wildman–Crippen LogP) is 3.30. The molecule has 1 fully saturated rings. The van der Waals surface area contributed by atoms with Crippen LogP contribution in [-0.2, 0) is 0 Å². The molecule has 1 aliphatic heterocycles. The summed E-state index contributed by atoms with van der Waals surface area (Å²) in [5, 5.41) is 0. The Morgan fingerprint density at radius 2 is 1.77 bits per heavy atom. The fourth-order valence-corrected chi connectivity index (χ4v) is 3.70. The van der Waals surface area contributed by atoms with Crippen LogP contribution in [0.5, 0.6) is 11.6 Å². The van der Waals surface area contributed by atoms with E-state index in [2.05, 4.69) is 24.8 Å². The maximum Gasteiger partial charge on any atom is 0.263 e. The van der Waals surface area contributed by atoms with Gasteiger partial charge in [0.25, 0.3) is 5.88 Å². The molecule has 0 atom stereocenters. The molecule has 8 nitrogen and oxygen atoms in total. The summed E-state index contributed by atoms with van der Waals surface area (Å²) in [5.74, 6) is 1.87. The molecule has 3 heterocycles. The van der Waals surface area contributed by atoms with Crippen LogP contribution in [0.1, 0.15) is 29.0 Å². The number of carbonyl (C=O) groups is 1. The van der Waals surface area contributed by atoms with E-state index in [0.717, 1.165) is 37.0 Å². The first-order chi connectivity index (χ1) is 15.2. The third kappa shape index (κ3) is 3.97. The number of aromatic amines is 1. The van der Waals surface area contributed by atoms with Crippen molar-refractivity contribution in [2.75, 3.05) is 18.0 Å². The predicted molar refractivity (Wildman–Crippen MR) is 117 cm³/mol. The van der Waals surface area contributed by atoms with Crippen LogP contribution in [0.4, 0.5) is 5.82 Å². The van der Waals surface area contributed by atoms with E-state index in [-0.39, 0.29) is 11.8 Å². The first kappa shape index (κ1) is 19.2. The number of aromatic nitrogens is 4. The van der Waals surface area contributed by atoms with Crippen molar-refractivity contribution in [1.82, 2.24) is 19.9 Å². The Morgan fingerprint density at radius 3 is 2.55 bits per heavy atom. The van der Waals surface area contributed by atoms with Gasteiger partial charge in [-0.3, -0.25) is 4.79 Å². The van der Waals surface area contributed by atoms with Crippen molar-refractivity contribution < 1.29 is 9.53 Å². The van der Waals surface area contributed by atoms with Gasteiger partial charge in [-0.25, -0.2) is 15.0 Å². The van der Waals surface area contributed by atoms with E-state index in [0.29, 0.717) is 28.8 Å². The molecule has 1 saturated heterocycles. The summed E-state index contributed by atoms with van der Waals surface area (Å²) in [7, 11) is 0. The summed E-state index contributed by atoms with van der Waals surface area (Å²) in [5.41, 5.74) is 8.13. The molecule has 0 radical (unpaired) electrons. The molecule has 8 heteroatoms. The van der Waals surface area contributed by atoms with E-state index in [1.54, 1.807) is 36.7 Å². The number of ketones is 1. The van der Waals surface area contributed by atoms with Gasteiger partial charge in [-0.15, -0.1) is 0 Å². The topological polar surface area (TPSA) is 110 Å². The first-order valence-electron chi connectivity index (χ1n) is 10.3. The number of fused-ring (bicyclic) bond motifs is 1. The van der Waals surface area contributed by atoms with Crippen LogP contribution in [-0.4, -0.2) is 44.9 Å². The zero-order valence-corrected chi connectivity index (χ0v) is 16.9. The molecule has 5 rings (SSSR count). The lowest BCUT2D eigenvalue weighted by Crippen LogP contribution is -2.40. The number of anilines is 1. The Kier molecular flexibility index (Phi) is 5.05. The molecular weight excluding hydrogens is 392 g/mol. The standard InChI is InChI=1S/C23H22N6O2/c24-16-9-13-29(14-10-16)22-23(26-12-11-25-22)31-17-7-5-15(6-8-17)20(30)21-27-18-3-1-2-4-19(18)28-21/h1-8,11-12,16H,9-10,13-14,24H2,(H,27,28). The number of H-pyrrole nitrogens is 1. The molecule has 156 valence electrons. The fraction of sp³-hybridized carbons (Fsp3) is 0.217. The maximum absolute atomic E-state index is 12.8. The number of imidazole rings is 1. The molecule has 0 amide bonds. The molecule has 0 aliphatic carbocycles. The molecule has 4 aromatic rings. The van der Waals surface area contributed by atoms with Gasteiger partial charge in [0.1, 0.15) is 5.75 Å². The minimum atomic E-state index is -0.174. The van der Waals surface area contributed by atoms with Gasteiger partial charge in [-0.1, -0.05) is 12.1 Å². The van der Waals surface area contributed by atoms with E-state index < -0.39 is 0 Å². The van der Waals surface area contributed by atoms with Crippen molar-refractivity contribution in [1.29, 1.82) is 0 Å². The van der Waals surface area contributed by atoms with E-state index in [1.165, 1.54) is 0 Å². The van der Waals surface area contributed by atoms with E-state index in [4.69, 9.17) is 10.5 Å². The quantitative estimate of drug-likeness (QED) is 0.482. The minimum Gasteiger partial charge on any atom is -0.436 e. The lowest BCUT2D eigenvalue weighted by molar-refractivity contribution is 0.103. The minimum absolute atomic E-state index is 0.174. The Labute approximate surface area is 179 Å². The second-order valence-electron chi connectivity index (χ2n) is 7.57. The highest BCUT2D eigenvalue weighted by atomic mass is 16.5. The number of carbonyl (C=O) groups excluding carboxylic acids is 1. The van der Waals surface area contributed by atoms with Gasteiger partial charge in [-0.05, 0) is 49.2 Å². The maximum atomic E-state index is 12.8. The molecule has 31 heavy (non-hydrogen) atoms. The lowest BCUT2D eigenvalue weighted by atomic mass is 10.1. The van der Waals surface area contributed by atoms with Crippen molar-refractivity contribution in [2.45, 2.75) is 18.9 Å². The second-order valence-corrected chi connectivity index (χ2v) is 7.57. The number of nitrogens with two attached hydrogens (primary N) is 1. The summed E-state index contributed by atoms with van der Waals surface area (Å²) < 4.78 is 6.00. The van der Waals surface area contributed by atoms with Crippen LogP contribution in [0.3, 0.4) is 0 Å². The summed E-state index contributed by atoms with van der Waals surface area (Å²) in [4.78, 5) is 31.2. The SMILES string of the molecule is NC1CCN(c2nccnc2Oc2ccc(C(=O)c3nc4ccccc4[nH]3)cc2)CC1. The van der Waals surface area contributed by atoms with Crippen LogP contribution >= 0.6 is 0 Å². The second kappa shape index (κ2) is 8.16. The van der Waals surface area contributed by atoms with Gasteiger partial charge in [0, 0.05) is 37.1 Å². The summed E-state index contributed by atoms with van der Waals surface area (Å²) in [6, 6.07) is 14.7. The van der Waals surface area contributed by atoms with Crippen LogP contribution < -0.4 is 15.4 Å². The normalized spacial score (nSPS) is 14.7. The van der Waals surface area contributed by atoms with Crippen molar-refractivity contribution in [3.8, 4) is 11.6 Å². The van der Waals surface area contributed by atoms with Gasteiger partial charge >= 0.3 is 0 Å². The Hall–Kier alpha value is -3.78. The van der Waals surface area contributed by atoms with Crippen molar-refractivity contribution >= 4 is 22.6 Å². The fourth-order valence-electron chi connectivity index (χ4n) is 3.70. The first-order valence-corrected chi connectivity index (χ1v) is 10.3. The number of para-hydroxylation sites is 2. The highest BCUT2D eigenvalue weighted by molar-refractivity contribution is 6.08. The van der Waals surface area contributed by atoms with Gasteiger partial charge in [0.2, 0.25) is 5.78 Å². The van der Waals surface area contributed by atoms with Gasteiger partial charge in [-0.2, -0.15) is 0 Å². The zero-order valence-electron chi connectivity index (χ0n) is 16.9. The van der Waals surface area contributed by atoms with E-state index in [1.807, 2.05) is 24.3 Å². The van der Waals surface area contributed by atoms with Crippen LogP contribution in [0.25, 0.3) is 11.0 Å². The molecule has 2 aromatic heterocycles. The number of nitrogens with one attached hydrogen (secondary N) is 1. The summed E-state index contributed by atoms with van der Waals surface area (Å²) in [6.07, 6.45) is 5.09. The van der Waals surface area contributed by atoms with Crippen molar-refractivity contribution in [3.63, 3.8) is 0 Å². The molecule has 0 saturated carbocycles. The highest BCUT2D eigenvalue weighted by Crippen LogP contribution is 2.30. The third-order valence-corrected chi connectivity index (χ3v) is 5.42. The Morgan fingerprint density at radius 1 is 1.03 bits per heavy atom. The van der Waals surface area contributed by atoms with Crippen LogP contribution in [0, 0.1) is 0 Å². The third-order valence-electron chi connectivity index (χ3n) is 5.42. The lowest BCUT2D eigenvalue weighted by Gasteiger charge is -2.31.